The van der Waals surface area contributed by atoms with E-state index in [1.54, 1.807) is 0 Å². The molecule has 1 atom stereocenters. The van der Waals surface area contributed by atoms with Crippen molar-refractivity contribution in [3.05, 3.63) is 58.0 Å². The number of hydrogen-bond donors (Lipinski definition) is 1. The summed E-state index contributed by atoms with van der Waals surface area (Å²) in [4.78, 5) is 5.34. The number of thiol groups is 1. The second-order valence-electron chi connectivity index (χ2n) is 9.24. The van der Waals surface area contributed by atoms with Crippen LogP contribution in [0.5, 0.6) is 0 Å². The van der Waals surface area contributed by atoms with Crippen molar-refractivity contribution in [3.63, 3.8) is 0 Å². The molecule has 1 aliphatic carbocycles. The summed E-state index contributed by atoms with van der Waals surface area (Å²) >= 11 is 6.39. The van der Waals surface area contributed by atoms with Crippen LogP contribution >= 0.6 is 24.4 Å². The lowest BCUT2D eigenvalue weighted by Crippen LogP contribution is -2.47. The van der Waals surface area contributed by atoms with Crippen LogP contribution in [0.4, 0.5) is 0 Å². The average molecular weight is 402 g/mol. The second-order valence-corrected chi connectivity index (χ2v) is 10.8. The fourth-order valence-electron chi connectivity index (χ4n) is 4.18. The van der Waals surface area contributed by atoms with Gasteiger partial charge in [0.15, 0.2) is 0 Å². The number of allylic oxidation sites excluding steroid dienone is 8. The predicted octanol–water partition coefficient (Wildman–Crippen LogP) is 6.99. The fraction of sp³-hybridized carbons (Fsp3) is 0.583. The van der Waals surface area contributed by atoms with Gasteiger partial charge < -0.3 is 4.90 Å². The molecule has 0 radical (unpaired) electrons. The highest BCUT2D eigenvalue weighted by Gasteiger charge is 2.31. The first kappa shape index (κ1) is 20.9. The molecule has 0 aromatic carbocycles. The van der Waals surface area contributed by atoms with E-state index in [4.69, 9.17) is 0 Å². The van der Waals surface area contributed by atoms with E-state index >= 15 is 0 Å². The first-order valence-electron chi connectivity index (χ1n) is 10.3. The largest absolute Gasteiger partial charge is 0.374 e. The van der Waals surface area contributed by atoms with Gasteiger partial charge in [-0.25, -0.2) is 0 Å². The average Bonchev–Trinajstić information content (AvgIpc) is 2.63. The van der Waals surface area contributed by atoms with Crippen LogP contribution < -0.4 is 0 Å². The molecule has 1 saturated heterocycles. The molecule has 27 heavy (non-hydrogen) atoms. The van der Waals surface area contributed by atoms with Crippen LogP contribution in [0.25, 0.3) is 0 Å². The summed E-state index contributed by atoms with van der Waals surface area (Å²) in [6.07, 6.45) is 12.8. The van der Waals surface area contributed by atoms with Gasteiger partial charge in [0.1, 0.15) is 0 Å². The molecular formula is C24H35NS2. The molecule has 3 rings (SSSR count). The van der Waals surface area contributed by atoms with Crippen LogP contribution in [0, 0.1) is 17.3 Å². The van der Waals surface area contributed by atoms with Crippen molar-refractivity contribution in [3.8, 4) is 0 Å². The summed E-state index contributed by atoms with van der Waals surface area (Å²) in [5.41, 5.74) is 4.56. The van der Waals surface area contributed by atoms with Crippen LogP contribution in [-0.4, -0.2) is 23.7 Å². The van der Waals surface area contributed by atoms with Gasteiger partial charge in [0.05, 0.1) is 0 Å². The van der Waals surface area contributed by atoms with E-state index in [9.17, 15) is 0 Å². The zero-order valence-corrected chi connectivity index (χ0v) is 19.0. The van der Waals surface area contributed by atoms with Gasteiger partial charge in [0, 0.05) is 35.5 Å². The molecule has 0 amide bonds. The van der Waals surface area contributed by atoms with E-state index in [1.165, 1.54) is 39.5 Å². The van der Waals surface area contributed by atoms with Gasteiger partial charge in [-0.1, -0.05) is 56.5 Å². The Hall–Kier alpha value is -0.800. The molecule has 2 heterocycles. The molecule has 1 nitrogen and oxygen atoms in total. The molecule has 0 aromatic rings. The van der Waals surface area contributed by atoms with Gasteiger partial charge >= 0.3 is 0 Å². The van der Waals surface area contributed by atoms with Gasteiger partial charge in [-0.3, -0.25) is 0 Å². The monoisotopic (exact) mass is 401 g/mol. The minimum Gasteiger partial charge on any atom is -0.374 e. The van der Waals surface area contributed by atoms with E-state index in [1.807, 2.05) is 11.8 Å². The normalized spacial score (nSPS) is 29.5. The second kappa shape index (κ2) is 8.69. The molecule has 1 fully saturated rings. The quantitative estimate of drug-likeness (QED) is 0.506. The van der Waals surface area contributed by atoms with Crippen molar-refractivity contribution in [2.75, 3.05) is 18.8 Å². The number of hydrogen-bond acceptors (Lipinski definition) is 3. The number of likely N-dealkylation sites (tertiary alicyclic amines) is 1. The summed E-state index contributed by atoms with van der Waals surface area (Å²) in [7, 11) is 0. The van der Waals surface area contributed by atoms with E-state index in [2.05, 4.69) is 69.7 Å². The number of thioether (sulfide) groups is 1. The summed E-state index contributed by atoms with van der Waals surface area (Å²) in [6.45, 7) is 18.1. The Labute approximate surface area is 176 Å². The molecule has 0 bridgehead atoms. The Bertz CT molecular complexity index is 689. The molecule has 2 aliphatic heterocycles. The van der Waals surface area contributed by atoms with Gasteiger partial charge in [-0.05, 0) is 66.7 Å². The molecule has 0 N–H and O–H groups in total. The van der Waals surface area contributed by atoms with Gasteiger partial charge in [-0.2, -0.15) is 12.6 Å². The SMILES string of the molecule is C=C1CCC(C)(C)CC/C(C(=C)C)=C(/C2C=CC=C(N3CC(CS)C3)C2)S1. The maximum absolute atomic E-state index is 4.45. The van der Waals surface area contributed by atoms with Gasteiger partial charge in [-0.15, -0.1) is 0 Å². The maximum Gasteiger partial charge on any atom is 0.0228 e. The predicted molar refractivity (Wildman–Crippen MR) is 125 cm³/mol. The first-order chi connectivity index (χ1) is 12.8. The van der Waals surface area contributed by atoms with Crippen molar-refractivity contribution in [1.82, 2.24) is 4.90 Å². The molecule has 0 aromatic heterocycles. The minimum absolute atomic E-state index is 0.368. The third kappa shape index (κ3) is 5.17. The van der Waals surface area contributed by atoms with E-state index < -0.39 is 0 Å². The molecule has 0 saturated carbocycles. The first-order valence-corrected chi connectivity index (χ1v) is 11.7. The molecular weight excluding hydrogens is 366 g/mol. The molecule has 3 aliphatic rings. The molecule has 0 spiro atoms. The van der Waals surface area contributed by atoms with Crippen molar-refractivity contribution in [1.29, 1.82) is 0 Å². The molecule has 3 heteroatoms. The maximum atomic E-state index is 4.45. The van der Waals surface area contributed by atoms with Gasteiger partial charge in [0.2, 0.25) is 0 Å². The Morgan fingerprint density at radius 2 is 2.00 bits per heavy atom. The summed E-state index contributed by atoms with van der Waals surface area (Å²) < 4.78 is 0. The standard InChI is InChI=1S/C24H35NS2/c1-17(2)22-10-12-24(4,5)11-9-18(3)27-23(22)20-7-6-8-21(13-20)25-14-19(15-25)16-26/h6-8,19-20,26H,1,3,9-16H2,2,4-5H3/b23-22+. The Morgan fingerprint density at radius 3 is 2.67 bits per heavy atom. The minimum atomic E-state index is 0.368. The van der Waals surface area contributed by atoms with Crippen LogP contribution in [-0.2, 0) is 0 Å². The third-order valence-corrected chi connectivity index (χ3v) is 8.00. The highest BCUT2D eigenvalue weighted by Crippen LogP contribution is 2.46. The number of nitrogens with zero attached hydrogens (tertiary/aromatic N) is 1. The smallest absolute Gasteiger partial charge is 0.0228 e. The van der Waals surface area contributed by atoms with Crippen LogP contribution in [0.3, 0.4) is 0 Å². The highest BCUT2D eigenvalue weighted by atomic mass is 32.2. The van der Waals surface area contributed by atoms with Crippen molar-refractivity contribution >= 4 is 24.4 Å². The Morgan fingerprint density at radius 1 is 1.30 bits per heavy atom. The lowest BCUT2D eigenvalue weighted by atomic mass is 9.80. The summed E-state index contributed by atoms with van der Waals surface area (Å²) in [6, 6.07) is 0. The van der Waals surface area contributed by atoms with Crippen molar-refractivity contribution in [2.45, 2.75) is 52.9 Å². The van der Waals surface area contributed by atoms with E-state index in [0.29, 0.717) is 11.3 Å². The Kier molecular flexibility index (Phi) is 6.74. The lowest BCUT2D eigenvalue weighted by Gasteiger charge is -2.43. The molecule has 148 valence electrons. The lowest BCUT2D eigenvalue weighted by molar-refractivity contribution is 0.154. The third-order valence-electron chi connectivity index (χ3n) is 6.22. The van der Waals surface area contributed by atoms with Crippen LogP contribution in [0.1, 0.15) is 52.9 Å². The zero-order valence-electron chi connectivity index (χ0n) is 17.3. The van der Waals surface area contributed by atoms with E-state index in [0.717, 1.165) is 44.0 Å². The summed E-state index contributed by atoms with van der Waals surface area (Å²) in [5, 5.41) is 0. The Balaban J connectivity index is 1.83. The fourth-order valence-corrected chi connectivity index (χ4v) is 5.64. The van der Waals surface area contributed by atoms with Gasteiger partial charge in [0.25, 0.3) is 0 Å². The van der Waals surface area contributed by atoms with E-state index in [-0.39, 0.29) is 0 Å². The molecule has 1 unspecified atom stereocenters. The van der Waals surface area contributed by atoms with Crippen molar-refractivity contribution < 1.29 is 0 Å². The topological polar surface area (TPSA) is 3.24 Å². The van der Waals surface area contributed by atoms with Crippen LogP contribution in [0.2, 0.25) is 0 Å². The number of rotatable bonds is 4. The highest BCUT2D eigenvalue weighted by molar-refractivity contribution is 8.06. The zero-order chi connectivity index (χ0) is 19.6. The van der Waals surface area contributed by atoms with Crippen LogP contribution in [0.15, 0.2) is 58.0 Å². The van der Waals surface area contributed by atoms with Crippen molar-refractivity contribution in [2.24, 2.45) is 17.3 Å². The summed E-state index contributed by atoms with van der Waals surface area (Å²) in [5.74, 6) is 2.21.